The second kappa shape index (κ2) is 7.00. The summed E-state index contributed by atoms with van der Waals surface area (Å²) in [6.07, 6.45) is 0.744. The van der Waals surface area contributed by atoms with Gasteiger partial charge in [-0.2, -0.15) is 5.10 Å². The van der Waals surface area contributed by atoms with Crippen LogP contribution < -0.4 is 10.1 Å². The fraction of sp³-hybridized carbons (Fsp3) is 0.158. The second-order valence-corrected chi connectivity index (χ2v) is 5.33. The molecule has 3 rings (SSSR count). The summed E-state index contributed by atoms with van der Waals surface area (Å²) in [4.78, 5) is 12.6. The number of benzene rings is 2. The van der Waals surface area contributed by atoms with E-state index in [1.807, 2.05) is 43.3 Å². The molecule has 2 aromatic carbocycles. The fourth-order valence-electron chi connectivity index (χ4n) is 2.52. The molecule has 1 amide bonds. The van der Waals surface area contributed by atoms with Crippen LogP contribution in [-0.2, 0) is 6.42 Å². The number of carbonyl (C=O) groups excluding carboxylic acids is 1. The molecule has 0 unspecified atom stereocenters. The van der Waals surface area contributed by atoms with Gasteiger partial charge in [0.25, 0.3) is 5.91 Å². The van der Waals surface area contributed by atoms with Crippen molar-refractivity contribution in [3.05, 3.63) is 65.9 Å². The molecule has 0 aliphatic heterocycles. The van der Waals surface area contributed by atoms with E-state index in [-0.39, 0.29) is 5.91 Å². The topological polar surface area (TPSA) is 67.0 Å². The molecular formula is C19H19N3O2. The number of aromatic amines is 1. The zero-order valence-corrected chi connectivity index (χ0v) is 13.7. The Morgan fingerprint density at radius 3 is 2.67 bits per heavy atom. The number of nitrogens with one attached hydrogen (secondary N) is 2. The van der Waals surface area contributed by atoms with Gasteiger partial charge in [-0.3, -0.25) is 9.89 Å². The van der Waals surface area contributed by atoms with Gasteiger partial charge in [0.05, 0.1) is 18.5 Å². The van der Waals surface area contributed by atoms with Gasteiger partial charge in [-0.15, -0.1) is 0 Å². The van der Waals surface area contributed by atoms with Crippen molar-refractivity contribution < 1.29 is 9.53 Å². The molecule has 5 nitrogen and oxygen atoms in total. The molecule has 0 fully saturated rings. The molecule has 1 aromatic heterocycles. The van der Waals surface area contributed by atoms with Crippen molar-refractivity contribution in [2.75, 3.05) is 12.4 Å². The summed E-state index contributed by atoms with van der Waals surface area (Å²) >= 11 is 0. The summed E-state index contributed by atoms with van der Waals surface area (Å²) in [5.74, 6) is 0.455. The lowest BCUT2D eigenvalue weighted by atomic mass is 10.1. The molecule has 0 bridgehead atoms. The second-order valence-electron chi connectivity index (χ2n) is 5.33. The summed E-state index contributed by atoms with van der Waals surface area (Å²) in [5, 5.41) is 10.4. The number of hydrogen-bond acceptors (Lipinski definition) is 3. The standard InChI is InChI=1S/C19H19N3O2/c1-3-16-18(17(22-21-16)13-8-5-4-6-9-13)20-19(23)14-10-7-11-15(12-14)24-2/h4-12H,3H2,1-2H3,(H,20,23)(H,21,22). The first kappa shape index (κ1) is 15.8. The van der Waals surface area contributed by atoms with Crippen molar-refractivity contribution in [2.24, 2.45) is 0 Å². The van der Waals surface area contributed by atoms with E-state index in [9.17, 15) is 4.79 Å². The Kier molecular flexibility index (Phi) is 4.61. The maximum absolute atomic E-state index is 12.6. The van der Waals surface area contributed by atoms with Gasteiger partial charge in [-0.1, -0.05) is 43.3 Å². The van der Waals surface area contributed by atoms with Crippen molar-refractivity contribution >= 4 is 11.6 Å². The largest absolute Gasteiger partial charge is 0.497 e. The fourth-order valence-corrected chi connectivity index (χ4v) is 2.52. The minimum Gasteiger partial charge on any atom is -0.497 e. The van der Waals surface area contributed by atoms with E-state index in [4.69, 9.17) is 4.74 Å². The van der Waals surface area contributed by atoms with E-state index in [2.05, 4.69) is 15.5 Å². The highest BCUT2D eigenvalue weighted by Crippen LogP contribution is 2.29. The van der Waals surface area contributed by atoms with Crippen LogP contribution in [0.1, 0.15) is 23.0 Å². The van der Waals surface area contributed by atoms with Crippen molar-refractivity contribution in [2.45, 2.75) is 13.3 Å². The normalized spacial score (nSPS) is 10.4. The molecule has 24 heavy (non-hydrogen) atoms. The van der Waals surface area contributed by atoms with Crippen LogP contribution in [0.15, 0.2) is 54.6 Å². The molecule has 0 saturated carbocycles. The van der Waals surface area contributed by atoms with E-state index in [0.29, 0.717) is 11.3 Å². The van der Waals surface area contributed by atoms with E-state index in [1.54, 1.807) is 25.3 Å². The van der Waals surface area contributed by atoms with Crippen molar-refractivity contribution in [3.8, 4) is 17.0 Å². The van der Waals surface area contributed by atoms with Crippen LogP contribution in [0.4, 0.5) is 5.69 Å². The Bertz CT molecular complexity index is 841. The van der Waals surface area contributed by atoms with Gasteiger partial charge in [0.2, 0.25) is 0 Å². The van der Waals surface area contributed by atoms with Gasteiger partial charge in [-0.25, -0.2) is 0 Å². The Labute approximate surface area is 140 Å². The molecule has 3 aromatic rings. The average Bonchev–Trinajstić information content (AvgIpc) is 3.05. The molecule has 5 heteroatoms. The lowest BCUT2D eigenvalue weighted by Gasteiger charge is -2.09. The quantitative estimate of drug-likeness (QED) is 0.749. The van der Waals surface area contributed by atoms with Crippen LogP contribution in [-0.4, -0.2) is 23.2 Å². The van der Waals surface area contributed by atoms with Crippen LogP contribution in [0, 0.1) is 0 Å². The van der Waals surface area contributed by atoms with Crippen LogP contribution in [0.3, 0.4) is 0 Å². The number of hydrogen-bond donors (Lipinski definition) is 2. The number of aryl methyl sites for hydroxylation is 1. The van der Waals surface area contributed by atoms with E-state index >= 15 is 0 Å². The number of ether oxygens (including phenoxy) is 1. The number of methoxy groups -OCH3 is 1. The highest BCUT2D eigenvalue weighted by molar-refractivity contribution is 6.06. The number of amides is 1. The van der Waals surface area contributed by atoms with Crippen LogP contribution >= 0.6 is 0 Å². The minimum atomic E-state index is -0.192. The third-order valence-corrected chi connectivity index (χ3v) is 3.81. The summed E-state index contributed by atoms with van der Waals surface area (Å²) in [5.41, 5.74) is 3.84. The molecule has 0 aliphatic carbocycles. The Morgan fingerprint density at radius 2 is 1.96 bits per heavy atom. The summed E-state index contributed by atoms with van der Waals surface area (Å²) < 4.78 is 5.18. The molecule has 2 N–H and O–H groups in total. The van der Waals surface area contributed by atoms with Gasteiger partial charge in [0.1, 0.15) is 11.4 Å². The highest BCUT2D eigenvalue weighted by Gasteiger charge is 2.17. The van der Waals surface area contributed by atoms with Gasteiger partial charge in [-0.05, 0) is 24.6 Å². The lowest BCUT2D eigenvalue weighted by molar-refractivity contribution is 0.102. The van der Waals surface area contributed by atoms with Crippen LogP contribution in [0.2, 0.25) is 0 Å². The van der Waals surface area contributed by atoms with Gasteiger partial charge < -0.3 is 10.1 Å². The zero-order valence-electron chi connectivity index (χ0n) is 13.7. The van der Waals surface area contributed by atoms with E-state index < -0.39 is 0 Å². The number of anilines is 1. The first-order valence-electron chi connectivity index (χ1n) is 7.81. The molecule has 1 heterocycles. The van der Waals surface area contributed by atoms with Crippen molar-refractivity contribution in [1.82, 2.24) is 10.2 Å². The first-order chi connectivity index (χ1) is 11.7. The first-order valence-corrected chi connectivity index (χ1v) is 7.81. The third-order valence-electron chi connectivity index (χ3n) is 3.81. The molecule has 0 aliphatic rings. The zero-order chi connectivity index (χ0) is 16.9. The maximum atomic E-state index is 12.6. The van der Waals surface area contributed by atoms with Crippen LogP contribution in [0.5, 0.6) is 5.75 Å². The Balaban J connectivity index is 1.94. The maximum Gasteiger partial charge on any atom is 0.255 e. The van der Waals surface area contributed by atoms with Crippen LogP contribution in [0.25, 0.3) is 11.3 Å². The highest BCUT2D eigenvalue weighted by atomic mass is 16.5. The minimum absolute atomic E-state index is 0.192. The number of rotatable bonds is 5. The monoisotopic (exact) mass is 321 g/mol. The van der Waals surface area contributed by atoms with Gasteiger partial charge in [0.15, 0.2) is 0 Å². The predicted octanol–water partition coefficient (Wildman–Crippen LogP) is 3.90. The molecule has 0 spiro atoms. The number of carbonyl (C=O) groups is 1. The van der Waals surface area contributed by atoms with Gasteiger partial charge >= 0.3 is 0 Å². The van der Waals surface area contributed by atoms with E-state index in [0.717, 1.165) is 29.1 Å². The summed E-state index contributed by atoms with van der Waals surface area (Å²) in [7, 11) is 1.58. The number of aromatic nitrogens is 2. The SMILES string of the molecule is CCc1[nH]nc(-c2ccccc2)c1NC(=O)c1cccc(OC)c1. The summed E-state index contributed by atoms with van der Waals surface area (Å²) in [6.45, 7) is 2.02. The lowest BCUT2D eigenvalue weighted by Crippen LogP contribution is -2.13. The molecule has 0 saturated heterocycles. The third kappa shape index (κ3) is 3.15. The predicted molar refractivity (Wildman–Crippen MR) is 94.3 cm³/mol. The average molecular weight is 321 g/mol. The van der Waals surface area contributed by atoms with E-state index in [1.165, 1.54) is 0 Å². The van der Waals surface area contributed by atoms with Crippen molar-refractivity contribution in [1.29, 1.82) is 0 Å². The molecular weight excluding hydrogens is 302 g/mol. The molecule has 122 valence electrons. The number of nitrogens with zero attached hydrogens (tertiary/aromatic N) is 1. The Hall–Kier alpha value is -3.08. The van der Waals surface area contributed by atoms with Gasteiger partial charge in [0, 0.05) is 11.1 Å². The van der Waals surface area contributed by atoms with Crippen molar-refractivity contribution in [3.63, 3.8) is 0 Å². The summed E-state index contributed by atoms with van der Waals surface area (Å²) in [6, 6.07) is 16.9. The smallest absolute Gasteiger partial charge is 0.255 e. The molecule has 0 radical (unpaired) electrons. The Morgan fingerprint density at radius 1 is 1.17 bits per heavy atom. The number of H-pyrrole nitrogens is 1. The molecule has 0 atom stereocenters.